The maximum atomic E-state index is 12.4. The fourth-order valence-corrected chi connectivity index (χ4v) is 3.01. The van der Waals surface area contributed by atoms with E-state index in [-0.39, 0.29) is 11.9 Å². The number of carbonyl (C=O) groups is 1. The fraction of sp³-hybridized carbons (Fsp3) is 0.263. The molecule has 1 heterocycles. The van der Waals surface area contributed by atoms with Gasteiger partial charge in [-0.3, -0.25) is 4.79 Å². The van der Waals surface area contributed by atoms with E-state index in [4.69, 9.17) is 16.4 Å². The van der Waals surface area contributed by atoms with Crippen molar-refractivity contribution in [1.29, 1.82) is 0 Å². The molecule has 0 bridgehead atoms. The van der Waals surface area contributed by atoms with Crippen molar-refractivity contribution in [2.75, 3.05) is 0 Å². The highest BCUT2D eigenvalue weighted by Crippen LogP contribution is 2.23. The van der Waals surface area contributed by atoms with Crippen LogP contribution in [0.1, 0.15) is 30.5 Å². The molecule has 1 aliphatic rings. The number of nitrogens with one attached hydrogen (secondary N) is 1. The Balaban J connectivity index is 1.55. The van der Waals surface area contributed by atoms with Crippen molar-refractivity contribution in [2.24, 2.45) is 5.16 Å². The number of hydrogen-bond acceptors (Lipinski definition) is 3. The molecule has 2 aromatic carbocycles. The highest BCUT2D eigenvalue weighted by Gasteiger charge is 2.29. The molecule has 1 aliphatic heterocycles. The number of halogens is 1. The van der Waals surface area contributed by atoms with Crippen LogP contribution in [0.2, 0.25) is 5.02 Å². The number of amides is 1. The van der Waals surface area contributed by atoms with Crippen LogP contribution in [0, 0.1) is 0 Å². The third-order valence-corrected chi connectivity index (χ3v) is 4.35. The van der Waals surface area contributed by atoms with Crippen LogP contribution < -0.4 is 5.32 Å². The number of benzene rings is 2. The van der Waals surface area contributed by atoms with Crippen LogP contribution in [0.3, 0.4) is 0 Å². The predicted molar refractivity (Wildman–Crippen MR) is 95.1 cm³/mol. The molecule has 0 aliphatic carbocycles. The fourth-order valence-electron chi connectivity index (χ4n) is 2.71. The zero-order chi connectivity index (χ0) is 16.9. The topological polar surface area (TPSA) is 50.7 Å². The first-order valence-corrected chi connectivity index (χ1v) is 8.31. The van der Waals surface area contributed by atoms with Gasteiger partial charge in [0.15, 0.2) is 0 Å². The molecule has 1 N–H and O–H groups in total. The van der Waals surface area contributed by atoms with Crippen LogP contribution in [0.4, 0.5) is 0 Å². The molecule has 0 saturated heterocycles. The first-order valence-electron chi connectivity index (χ1n) is 7.94. The lowest BCUT2D eigenvalue weighted by Gasteiger charge is -2.17. The van der Waals surface area contributed by atoms with Crippen molar-refractivity contribution in [3.05, 3.63) is 70.7 Å². The van der Waals surface area contributed by atoms with Gasteiger partial charge in [-0.25, -0.2) is 0 Å². The summed E-state index contributed by atoms with van der Waals surface area (Å²) in [6.45, 7) is 1.90. The molecule has 124 valence electrons. The molecule has 0 spiro atoms. The first-order chi connectivity index (χ1) is 11.6. The van der Waals surface area contributed by atoms with Gasteiger partial charge in [-0.15, -0.1) is 0 Å². The SMILES string of the molecule is C[C@@H](NC(=O)[C@@H]1CC(Cc2ccccc2)=NO1)c1ccccc1Cl. The van der Waals surface area contributed by atoms with Crippen molar-refractivity contribution in [1.82, 2.24) is 5.32 Å². The number of nitrogens with zero attached hydrogens (tertiary/aromatic N) is 1. The monoisotopic (exact) mass is 342 g/mol. The average molecular weight is 343 g/mol. The summed E-state index contributed by atoms with van der Waals surface area (Å²) in [4.78, 5) is 17.7. The molecular formula is C19H19ClN2O2. The summed E-state index contributed by atoms with van der Waals surface area (Å²) in [5, 5.41) is 7.64. The van der Waals surface area contributed by atoms with E-state index < -0.39 is 6.10 Å². The largest absolute Gasteiger partial charge is 0.382 e. The van der Waals surface area contributed by atoms with Gasteiger partial charge in [-0.2, -0.15) is 0 Å². The summed E-state index contributed by atoms with van der Waals surface area (Å²) in [6, 6.07) is 17.3. The highest BCUT2D eigenvalue weighted by atomic mass is 35.5. The van der Waals surface area contributed by atoms with E-state index in [9.17, 15) is 4.79 Å². The zero-order valence-corrected chi connectivity index (χ0v) is 14.2. The van der Waals surface area contributed by atoms with Gasteiger partial charge in [0, 0.05) is 17.9 Å². The Labute approximate surface area is 146 Å². The second-order valence-corrected chi connectivity index (χ2v) is 6.28. The normalized spacial score (nSPS) is 17.8. The summed E-state index contributed by atoms with van der Waals surface area (Å²) >= 11 is 6.17. The smallest absolute Gasteiger partial charge is 0.264 e. The van der Waals surface area contributed by atoms with Crippen molar-refractivity contribution in [2.45, 2.75) is 31.9 Å². The van der Waals surface area contributed by atoms with E-state index in [2.05, 4.69) is 10.5 Å². The zero-order valence-electron chi connectivity index (χ0n) is 13.4. The second-order valence-electron chi connectivity index (χ2n) is 5.87. The van der Waals surface area contributed by atoms with E-state index in [1.807, 2.05) is 61.5 Å². The Morgan fingerprint density at radius 1 is 1.25 bits per heavy atom. The van der Waals surface area contributed by atoms with Gasteiger partial charge in [-0.1, -0.05) is 65.3 Å². The molecule has 4 nitrogen and oxygen atoms in total. The number of carbonyl (C=O) groups excluding carboxylic acids is 1. The van der Waals surface area contributed by atoms with Gasteiger partial charge < -0.3 is 10.2 Å². The third-order valence-electron chi connectivity index (χ3n) is 4.00. The van der Waals surface area contributed by atoms with E-state index in [1.165, 1.54) is 0 Å². The molecule has 0 fully saturated rings. The van der Waals surface area contributed by atoms with E-state index >= 15 is 0 Å². The van der Waals surface area contributed by atoms with Crippen LogP contribution in [0.5, 0.6) is 0 Å². The summed E-state index contributed by atoms with van der Waals surface area (Å²) in [7, 11) is 0. The number of rotatable bonds is 5. The van der Waals surface area contributed by atoms with Gasteiger partial charge in [0.05, 0.1) is 11.8 Å². The molecule has 0 aromatic heterocycles. The molecule has 0 saturated carbocycles. The molecule has 5 heteroatoms. The van der Waals surface area contributed by atoms with Gasteiger partial charge >= 0.3 is 0 Å². The molecule has 1 amide bonds. The number of hydrogen-bond donors (Lipinski definition) is 1. The molecule has 0 radical (unpaired) electrons. The molecule has 24 heavy (non-hydrogen) atoms. The van der Waals surface area contributed by atoms with Crippen LogP contribution >= 0.6 is 11.6 Å². The molecule has 3 rings (SSSR count). The lowest BCUT2D eigenvalue weighted by molar-refractivity contribution is -0.131. The molecule has 2 atom stereocenters. The van der Waals surface area contributed by atoms with Gasteiger partial charge in [0.25, 0.3) is 5.91 Å². The lowest BCUT2D eigenvalue weighted by Crippen LogP contribution is -2.36. The minimum Gasteiger partial charge on any atom is -0.382 e. The Morgan fingerprint density at radius 3 is 2.71 bits per heavy atom. The van der Waals surface area contributed by atoms with Crippen molar-refractivity contribution in [3.63, 3.8) is 0 Å². The van der Waals surface area contributed by atoms with Crippen LogP contribution in [0.15, 0.2) is 59.8 Å². The van der Waals surface area contributed by atoms with E-state index in [0.717, 1.165) is 16.8 Å². The maximum absolute atomic E-state index is 12.4. The second kappa shape index (κ2) is 7.49. The summed E-state index contributed by atoms with van der Waals surface area (Å²) in [5.41, 5.74) is 2.92. The van der Waals surface area contributed by atoms with Crippen LogP contribution in [-0.2, 0) is 16.1 Å². The Kier molecular flexibility index (Phi) is 5.16. The van der Waals surface area contributed by atoms with Gasteiger partial charge in [0.1, 0.15) is 0 Å². The predicted octanol–water partition coefficient (Wildman–Crippen LogP) is 3.90. The minimum atomic E-state index is -0.575. The molecule has 0 unspecified atom stereocenters. The van der Waals surface area contributed by atoms with Crippen LogP contribution in [-0.4, -0.2) is 17.7 Å². The maximum Gasteiger partial charge on any atom is 0.264 e. The van der Waals surface area contributed by atoms with E-state index in [1.54, 1.807) is 0 Å². The quantitative estimate of drug-likeness (QED) is 0.895. The van der Waals surface area contributed by atoms with Crippen molar-refractivity contribution in [3.8, 4) is 0 Å². The first kappa shape index (κ1) is 16.5. The van der Waals surface area contributed by atoms with Crippen molar-refractivity contribution >= 4 is 23.2 Å². The third kappa shape index (κ3) is 3.95. The standard InChI is InChI=1S/C19H19ClN2O2/c1-13(16-9-5-6-10-17(16)20)21-19(23)18-12-15(22-24-18)11-14-7-3-2-4-8-14/h2-10,13,18H,11-12H2,1H3,(H,21,23)/t13-,18+/m1/s1. The Bertz CT molecular complexity index is 746. The van der Waals surface area contributed by atoms with Crippen molar-refractivity contribution < 1.29 is 9.63 Å². The van der Waals surface area contributed by atoms with Gasteiger partial charge in [-0.05, 0) is 24.1 Å². The highest BCUT2D eigenvalue weighted by molar-refractivity contribution is 6.31. The van der Waals surface area contributed by atoms with Crippen LogP contribution in [0.25, 0.3) is 0 Å². The lowest BCUT2D eigenvalue weighted by atomic mass is 10.0. The summed E-state index contributed by atoms with van der Waals surface area (Å²) in [6.07, 6.45) is 0.634. The summed E-state index contributed by atoms with van der Waals surface area (Å²) in [5.74, 6) is -0.172. The van der Waals surface area contributed by atoms with Gasteiger partial charge in [0.2, 0.25) is 6.10 Å². The average Bonchev–Trinajstić information content (AvgIpc) is 3.04. The summed E-state index contributed by atoms with van der Waals surface area (Å²) < 4.78 is 0. The molecule has 2 aromatic rings. The minimum absolute atomic E-state index is 0.172. The molecular weight excluding hydrogens is 324 g/mol. The number of oxime groups is 1. The van der Waals surface area contributed by atoms with E-state index in [0.29, 0.717) is 17.9 Å². The Morgan fingerprint density at radius 2 is 1.96 bits per heavy atom. The Hall–Kier alpha value is -2.33.